The number of oxazole rings is 1. The van der Waals surface area contributed by atoms with Gasteiger partial charge in [-0.25, -0.2) is 9.78 Å². The Labute approximate surface area is 108 Å². The van der Waals surface area contributed by atoms with Gasteiger partial charge in [-0.15, -0.1) is 0 Å². The van der Waals surface area contributed by atoms with Crippen molar-refractivity contribution in [3.8, 4) is 0 Å². The molecule has 1 heterocycles. The summed E-state index contributed by atoms with van der Waals surface area (Å²) in [5.41, 5.74) is 0.377. The van der Waals surface area contributed by atoms with Crippen LogP contribution in [0.2, 0.25) is 0 Å². The van der Waals surface area contributed by atoms with Crippen molar-refractivity contribution in [2.24, 2.45) is 0 Å². The zero-order valence-corrected chi connectivity index (χ0v) is 11.0. The maximum absolute atomic E-state index is 11.8. The third kappa shape index (κ3) is 3.12. The van der Waals surface area contributed by atoms with Crippen LogP contribution < -0.4 is 0 Å². The molecule has 2 rings (SSSR count). The van der Waals surface area contributed by atoms with Crippen LogP contribution in [0, 0.1) is 0 Å². The standard InChI is InChI=1S/C14H21NO3/c1-2-17-14(16)12-13(18-10-15-12)11-8-6-4-3-5-7-9-11/h10-11H,2-9H2,1H3. The van der Waals surface area contributed by atoms with E-state index in [-0.39, 0.29) is 5.97 Å². The highest BCUT2D eigenvalue weighted by Crippen LogP contribution is 2.32. The van der Waals surface area contributed by atoms with E-state index in [9.17, 15) is 4.79 Å². The van der Waals surface area contributed by atoms with Crippen molar-refractivity contribution in [3.63, 3.8) is 0 Å². The van der Waals surface area contributed by atoms with Gasteiger partial charge in [-0.3, -0.25) is 0 Å². The average Bonchev–Trinajstić information content (AvgIpc) is 2.78. The SMILES string of the molecule is CCOC(=O)c1ncoc1C1CCCCCCC1. The summed E-state index contributed by atoms with van der Waals surface area (Å²) >= 11 is 0. The third-order valence-corrected chi connectivity index (χ3v) is 3.54. The van der Waals surface area contributed by atoms with Crippen molar-refractivity contribution >= 4 is 5.97 Å². The van der Waals surface area contributed by atoms with Crippen molar-refractivity contribution in [3.05, 3.63) is 17.8 Å². The third-order valence-electron chi connectivity index (χ3n) is 3.54. The predicted octanol–water partition coefficient (Wildman–Crippen LogP) is 3.68. The Bertz CT molecular complexity index is 378. The first kappa shape index (κ1) is 13.1. The minimum atomic E-state index is -0.358. The lowest BCUT2D eigenvalue weighted by molar-refractivity contribution is 0.0516. The Morgan fingerprint density at radius 3 is 2.67 bits per heavy atom. The van der Waals surface area contributed by atoms with E-state index in [1.807, 2.05) is 0 Å². The molecule has 0 aromatic carbocycles. The fraction of sp³-hybridized carbons (Fsp3) is 0.714. The van der Waals surface area contributed by atoms with Gasteiger partial charge in [0.1, 0.15) is 5.76 Å². The van der Waals surface area contributed by atoms with E-state index in [2.05, 4.69) is 4.98 Å². The Morgan fingerprint density at radius 1 is 1.33 bits per heavy atom. The van der Waals surface area contributed by atoms with E-state index in [4.69, 9.17) is 9.15 Å². The number of hydrogen-bond acceptors (Lipinski definition) is 4. The summed E-state index contributed by atoms with van der Waals surface area (Å²) in [5, 5.41) is 0. The predicted molar refractivity (Wildman–Crippen MR) is 67.5 cm³/mol. The molecule has 1 saturated carbocycles. The highest BCUT2D eigenvalue weighted by molar-refractivity contribution is 5.88. The fourth-order valence-electron chi connectivity index (χ4n) is 2.62. The largest absolute Gasteiger partial charge is 0.461 e. The number of ether oxygens (including phenoxy) is 1. The van der Waals surface area contributed by atoms with Gasteiger partial charge in [0.05, 0.1) is 6.61 Å². The van der Waals surface area contributed by atoms with Crippen molar-refractivity contribution < 1.29 is 13.9 Å². The molecule has 0 radical (unpaired) electrons. The number of aromatic nitrogens is 1. The lowest BCUT2D eigenvalue weighted by atomic mass is 9.88. The topological polar surface area (TPSA) is 52.3 Å². The van der Waals surface area contributed by atoms with Crippen LogP contribution in [0.5, 0.6) is 0 Å². The molecule has 100 valence electrons. The maximum atomic E-state index is 11.8. The van der Waals surface area contributed by atoms with Gasteiger partial charge >= 0.3 is 5.97 Å². The zero-order chi connectivity index (χ0) is 12.8. The molecule has 1 aromatic heterocycles. The number of rotatable bonds is 3. The average molecular weight is 251 g/mol. The Kier molecular flexibility index (Phi) is 4.79. The van der Waals surface area contributed by atoms with Crippen LogP contribution in [0.3, 0.4) is 0 Å². The van der Waals surface area contributed by atoms with Crippen LogP contribution in [0.25, 0.3) is 0 Å². The highest BCUT2D eigenvalue weighted by Gasteiger charge is 2.25. The molecule has 0 saturated heterocycles. The summed E-state index contributed by atoms with van der Waals surface area (Å²) in [6, 6.07) is 0. The number of carbonyl (C=O) groups is 1. The molecule has 4 nitrogen and oxygen atoms in total. The lowest BCUT2D eigenvalue weighted by Gasteiger charge is -2.17. The van der Waals surface area contributed by atoms with Gasteiger partial charge in [-0.05, 0) is 19.8 Å². The number of esters is 1. The van der Waals surface area contributed by atoms with Crippen molar-refractivity contribution in [1.29, 1.82) is 0 Å². The van der Waals surface area contributed by atoms with Crippen LogP contribution in [-0.2, 0) is 4.74 Å². The number of hydrogen-bond donors (Lipinski definition) is 0. The molecule has 0 N–H and O–H groups in total. The minimum Gasteiger partial charge on any atom is -0.461 e. The molecule has 1 aliphatic carbocycles. The molecule has 18 heavy (non-hydrogen) atoms. The molecule has 1 aromatic rings. The van der Waals surface area contributed by atoms with E-state index in [1.54, 1.807) is 6.92 Å². The fourth-order valence-corrected chi connectivity index (χ4v) is 2.62. The summed E-state index contributed by atoms with van der Waals surface area (Å²) in [7, 11) is 0. The first-order valence-corrected chi connectivity index (χ1v) is 6.93. The first-order valence-electron chi connectivity index (χ1n) is 6.93. The van der Waals surface area contributed by atoms with Crippen LogP contribution in [0.4, 0.5) is 0 Å². The molecular weight excluding hydrogens is 230 g/mol. The van der Waals surface area contributed by atoms with E-state index in [0.29, 0.717) is 18.2 Å². The van der Waals surface area contributed by atoms with Crippen LogP contribution in [-0.4, -0.2) is 17.6 Å². The van der Waals surface area contributed by atoms with Gasteiger partial charge < -0.3 is 9.15 Å². The summed E-state index contributed by atoms with van der Waals surface area (Å²) < 4.78 is 10.5. The van der Waals surface area contributed by atoms with Gasteiger partial charge in [0.2, 0.25) is 0 Å². The summed E-state index contributed by atoms with van der Waals surface area (Å²) in [4.78, 5) is 15.8. The van der Waals surface area contributed by atoms with Crippen LogP contribution >= 0.6 is 0 Å². The smallest absolute Gasteiger partial charge is 0.360 e. The van der Waals surface area contributed by atoms with Crippen LogP contribution in [0.1, 0.15) is 74.0 Å². The second-order valence-corrected chi connectivity index (χ2v) is 4.83. The molecule has 4 heteroatoms. The summed E-state index contributed by atoms with van der Waals surface area (Å²) in [6.07, 6.45) is 9.82. The quantitative estimate of drug-likeness (QED) is 0.769. The molecular formula is C14H21NO3. The van der Waals surface area contributed by atoms with Gasteiger partial charge in [0.25, 0.3) is 0 Å². The monoisotopic (exact) mass is 251 g/mol. The van der Waals surface area contributed by atoms with Crippen LogP contribution in [0.15, 0.2) is 10.8 Å². The second-order valence-electron chi connectivity index (χ2n) is 4.83. The van der Waals surface area contributed by atoms with E-state index in [1.165, 1.54) is 38.5 Å². The van der Waals surface area contributed by atoms with E-state index >= 15 is 0 Å². The van der Waals surface area contributed by atoms with Crippen molar-refractivity contribution in [1.82, 2.24) is 4.98 Å². The molecule has 0 unspecified atom stereocenters. The molecule has 1 fully saturated rings. The van der Waals surface area contributed by atoms with E-state index in [0.717, 1.165) is 18.6 Å². The molecule has 0 aliphatic heterocycles. The Balaban J connectivity index is 2.11. The van der Waals surface area contributed by atoms with Crippen molar-refractivity contribution in [2.75, 3.05) is 6.61 Å². The lowest BCUT2D eigenvalue weighted by Crippen LogP contribution is -2.11. The molecule has 1 aliphatic rings. The molecule has 0 atom stereocenters. The Hall–Kier alpha value is -1.32. The van der Waals surface area contributed by atoms with Gasteiger partial charge in [0.15, 0.2) is 12.1 Å². The number of carbonyl (C=O) groups excluding carboxylic acids is 1. The Morgan fingerprint density at radius 2 is 2.00 bits per heavy atom. The second kappa shape index (κ2) is 6.57. The zero-order valence-electron chi connectivity index (χ0n) is 11.0. The summed E-state index contributed by atoms with van der Waals surface area (Å²) in [5.74, 6) is 0.700. The molecule has 0 spiro atoms. The molecule has 0 bridgehead atoms. The van der Waals surface area contributed by atoms with Crippen molar-refractivity contribution in [2.45, 2.75) is 57.8 Å². The summed E-state index contributed by atoms with van der Waals surface area (Å²) in [6.45, 7) is 2.17. The molecule has 0 amide bonds. The first-order chi connectivity index (χ1) is 8.83. The van der Waals surface area contributed by atoms with Gasteiger partial charge in [-0.2, -0.15) is 0 Å². The number of nitrogens with zero attached hydrogens (tertiary/aromatic N) is 1. The van der Waals surface area contributed by atoms with Gasteiger partial charge in [0, 0.05) is 5.92 Å². The normalized spacial score (nSPS) is 18.1. The minimum absolute atomic E-state index is 0.326. The maximum Gasteiger partial charge on any atom is 0.360 e. The highest BCUT2D eigenvalue weighted by atomic mass is 16.5. The van der Waals surface area contributed by atoms with Gasteiger partial charge in [-0.1, -0.05) is 32.1 Å². The van der Waals surface area contributed by atoms with E-state index < -0.39 is 0 Å².